The number of H-pyrrole nitrogens is 1. The van der Waals surface area contributed by atoms with E-state index in [0.717, 1.165) is 17.0 Å². The minimum atomic E-state index is 0.0729. The molecule has 72 valence electrons. The second-order valence-corrected chi connectivity index (χ2v) is 3.55. The van der Waals surface area contributed by atoms with Crippen LogP contribution in [0.5, 0.6) is 0 Å². The lowest BCUT2D eigenvalue weighted by molar-refractivity contribution is 1.12. The molecule has 0 aliphatic heterocycles. The van der Waals surface area contributed by atoms with Gasteiger partial charge in [-0.25, -0.2) is 4.98 Å². The van der Waals surface area contributed by atoms with Gasteiger partial charge in [0.05, 0.1) is 5.39 Å². The highest BCUT2D eigenvalue weighted by molar-refractivity contribution is 5.75. The van der Waals surface area contributed by atoms with Gasteiger partial charge in [-0.1, -0.05) is 0 Å². The predicted molar refractivity (Wildman–Crippen MR) is 56.6 cm³/mol. The Labute approximate surface area is 81.8 Å². The van der Waals surface area contributed by atoms with Crippen molar-refractivity contribution in [2.75, 3.05) is 0 Å². The summed E-state index contributed by atoms with van der Waals surface area (Å²) in [7, 11) is 0. The highest BCUT2D eigenvalue weighted by Gasteiger charge is 2.05. The van der Waals surface area contributed by atoms with Gasteiger partial charge in [-0.05, 0) is 32.9 Å². The van der Waals surface area contributed by atoms with E-state index in [4.69, 9.17) is 0 Å². The van der Waals surface area contributed by atoms with Crippen LogP contribution in [0.15, 0.2) is 16.9 Å². The standard InChI is InChI=1S/C11H12N2O/c1-6-4-5-9-10(14)7(2)8(3)13-11(9)12-6/h4-5H,1-3H3,(H,12,13,14). The average Bonchev–Trinajstić information content (AvgIpc) is 2.14. The Morgan fingerprint density at radius 2 is 1.93 bits per heavy atom. The molecule has 2 heterocycles. The van der Waals surface area contributed by atoms with Crippen LogP contribution < -0.4 is 5.43 Å². The molecule has 14 heavy (non-hydrogen) atoms. The normalized spacial score (nSPS) is 10.8. The molecule has 0 amide bonds. The number of fused-ring (bicyclic) bond motifs is 1. The summed E-state index contributed by atoms with van der Waals surface area (Å²) in [5, 5.41) is 0.665. The van der Waals surface area contributed by atoms with Gasteiger partial charge in [0.1, 0.15) is 5.65 Å². The molecule has 0 unspecified atom stereocenters. The minimum Gasteiger partial charge on any atom is -0.343 e. The molecule has 2 rings (SSSR count). The van der Waals surface area contributed by atoms with E-state index in [0.29, 0.717) is 11.0 Å². The molecule has 1 N–H and O–H groups in total. The number of aromatic nitrogens is 2. The number of hydrogen-bond acceptors (Lipinski definition) is 2. The molecule has 0 spiro atoms. The molecule has 0 aliphatic rings. The minimum absolute atomic E-state index is 0.0729. The van der Waals surface area contributed by atoms with Crippen LogP contribution in [-0.2, 0) is 0 Å². The monoisotopic (exact) mass is 188 g/mol. The van der Waals surface area contributed by atoms with E-state index in [1.807, 2.05) is 32.9 Å². The zero-order chi connectivity index (χ0) is 10.3. The van der Waals surface area contributed by atoms with Gasteiger partial charge in [0.2, 0.25) is 0 Å². The zero-order valence-corrected chi connectivity index (χ0v) is 8.51. The molecule has 0 aliphatic carbocycles. The third-order valence-corrected chi connectivity index (χ3v) is 2.49. The molecule has 0 fully saturated rings. The van der Waals surface area contributed by atoms with E-state index in [1.54, 1.807) is 0 Å². The maximum absolute atomic E-state index is 11.8. The number of aromatic amines is 1. The molecule has 0 radical (unpaired) electrons. The number of aryl methyl sites for hydroxylation is 2. The summed E-state index contributed by atoms with van der Waals surface area (Å²) in [4.78, 5) is 19.2. The molecule has 0 saturated carbocycles. The topological polar surface area (TPSA) is 45.8 Å². The first-order chi connectivity index (χ1) is 6.59. The van der Waals surface area contributed by atoms with Gasteiger partial charge < -0.3 is 4.98 Å². The number of nitrogens with zero attached hydrogens (tertiary/aromatic N) is 1. The van der Waals surface area contributed by atoms with Crippen LogP contribution in [0.3, 0.4) is 0 Å². The van der Waals surface area contributed by atoms with E-state index in [9.17, 15) is 4.79 Å². The second-order valence-electron chi connectivity index (χ2n) is 3.55. The van der Waals surface area contributed by atoms with E-state index in [1.165, 1.54) is 0 Å². The van der Waals surface area contributed by atoms with Crippen molar-refractivity contribution in [2.24, 2.45) is 0 Å². The fraction of sp³-hybridized carbons (Fsp3) is 0.273. The van der Waals surface area contributed by atoms with E-state index < -0.39 is 0 Å². The van der Waals surface area contributed by atoms with Crippen molar-refractivity contribution in [2.45, 2.75) is 20.8 Å². The Kier molecular flexibility index (Phi) is 1.88. The van der Waals surface area contributed by atoms with Crippen molar-refractivity contribution < 1.29 is 0 Å². The number of pyridine rings is 2. The van der Waals surface area contributed by atoms with Crippen molar-refractivity contribution in [3.8, 4) is 0 Å². The maximum atomic E-state index is 11.8. The van der Waals surface area contributed by atoms with Crippen molar-refractivity contribution in [1.82, 2.24) is 9.97 Å². The molecule has 0 aromatic carbocycles. The smallest absolute Gasteiger partial charge is 0.194 e. The van der Waals surface area contributed by atoms with Crippen molar-refractivity contribution >= 4 is 11.0 Å². The number of nitrogens with one attached hydrogen (secondary N) is 1. The zero-order valence-electron chi connectivity index (χ0n) is 8.51. The molecule has 0 saturated heterocycles. The molecule has 3 nitrogen and oxygen atoms in total. The SMILES string of the molecule is Cc1ccc2c(=O)c(C)c(C)[nH]c2n1. The quantitative estimate of drug-likeness (QED) is 0.685. The van der Waals surface area contributed by atoms with Crippen molar-refractivity contribution in [1.29, 1.82) is 0 Å². The molecule has 3 heteroatoms. The lowest BCUT2D eigenvalue weighted by Gasteiger charge is -2.03. The van der Waals surface area contributed by atoms with Gasteiger partial charge >= 0.3 is 0 Å². The first-order valence-corrected chi connectivity index (χ1v) is 4.56. The van der Waals surface area contributed by atoms with Crippen LogP contribution in [0.25, 0.3) is 11.0 Å². The summed E-state index contributed by atoms with van der Waals surface area (Å²) in [6, 6.07) is 3.68. The summed E-state index contributed by atoms with van der Waals surface area (Å²) in [6.45, 7) is 5.63. The predicted octanol–water partition coefficient (Wildman–Crippen LogP) is 1.85. The Hall–Kier alpha value is -1.64. The van der Waals surface area contributed by atoms with E-state index >= 15 is 0 Å². The molecule has 0 bridgehead atoms. The van der Waals surface area contributed by atoms with Gasteiger partial charge in [-0.2, -0.15) is 0 Å². The Morgan fingerprint density at radius 3 is 2.64 bits per heavy atom. The third kappa shape index (κ3) is 1.21. The van der Waals surface area contributed by atoms with Crippen LogP contribution >= 0.6 is 0 Å². The lowest BCUT2D eigenvalue weighted by Crippen LogP contribution is -2.10. The molecule has 0 atom stereocenters. The maximum Gasteiger partial charge on any atom is 0.194 e. The second kappa shape index (κ2) is 2.94. The van der Waals surface area contributed by atoms with Crippen molar-refractivity contribution in [3.05, 3.63) is 39.3 Å². The molecule has 2 aromatic rings. The highest BCUT2D eigenvalue weighted by atomic mass is 16.1. The Bertz CT molecular complexity index is 555. The molecular formula is C11H12N2O. The van der Waals surface area contributed by atoms with Gasteiger partial charge in [0, 0.05) is 17.0 Å². The fourth-order valence-corrected chi connectivity index (χ4v) is 1.48. The average molecular weight is 188 g/mol. The van der Waals surface area contributed by atoms with Gasteiger partial charge in [-0.15, -0.1) is 0 Å². The highest BCUT2D eigenvalue weighted by Crippen LogP contribution is 2.08. The molecular weight excluding hydrogens is 176 g/mol. The summed E-state index contributed by atoms with van der Waals surface area (Å²) >= 11 is 0. The van der Waals surface area contributed by atoms with E-state index in [-0.39, 0.29) is 5.43 Å². The van der Waals surface area contributed by atoms with E-state index in [2.05, 4.69) is 9.97 Å². The summed E-state index contributed by atoms with van der Waals surface area (Å²) in [6.07, 6.45) is 0. The fourth-order valence-electron chi connectivity index (χ4n) is 1.48. The largest absolute Gasteiger partial charge is 0.343 e. The summed E-state index contributed by atoms with van der Waals surface area (Å²) in [5.74, 6) is 0. The first-order valence-electron chi connectivity index (χ1n) is 4.56. The summed E-state index contributed by atoms with van der Waals surface area (Å²) in [5.41, 5.74) is 3.32. The first kappa shape index (κ1) is 8.94. The van der Waals surface area contributed by atoms with Crippen LogP contribution in [0.2, 0.25) is 0 Å². The lowest BCUT2D eigenvalue weighted by atomic mass is 10.1. The van der Waals surface area contributed by atoms with Gasteiger partial charge in [0.15, 0.2) is 5.43 Å². The van der Waals surface area contributed by atoms with Crippen LogP contribution in [0.4, 0.5) is 0 Å². The van der Waals surface area contributed by atoms with Crippen molar-refractivity contribution in [3.63, 3.8) is 0 Å². The van der Waals surface area contributed by atoms with Gasteiger partial charge in [0.25, 0.3) is 0 Å². The Balaban J connectivity index is 2.98. The third-order valence-electron chi connectivity index (χ3n) is 2.49. The number of hydrogen-bond donors (Lipinski definition) is 1. The van der Waals surface area contributed by atoms with Gasteiger partial charge in [-0.3, -0.25) is 4.79 Å². The summed E-state index contributed by atoms with van der Waals surface area (Å²) < 4.78 is 0. The van der Waals surface area contributed by atoms with Crippen LogP contribution in [0.1, 0.15) is 17.0 Å². The van der Waals surface area contributed by atoms with Crippen LogP contribution in [-0.4, -0.2) is 9.97 Å². The van der Waals surface area contributed by atoms with Crippen LogP contribution in [0, 0.1) is 20.8 Å². The molecule has 2 aromatic heterocycles. The Morgan fingerprint density at radius 1 is 1.21 bits per heavy atom. The number of rotatable bonds is 0.